The van der Waals surface area contributed by atoms with Crippen LogP contribution >= 0.6 is 0 Å². The second-order valence-corrected chi connectivity index (χ2v) is 5.99. The predicted molar refractivity (Wildman–Crippen MR) is 89.5 cm³/mol. The third-order valence-electron chi connectivity index (χ3n) is 4.22. The molecule has 1 atom stereocenters. The van der Waals surface area contributed by atoms with Crippen LogP contribution in [0.5, 0.6) is 0 Å². The van der Waals surface area contributed by atoms with Crippen LogP contribution in [0.3, 0.4) is 0 Å². The highest BCUT2D eigenvalue weighted by Gasteiger charge is 2.50. The summed E-state index contributed by atoms with van der Waals surface area (Å²) in [6, 6.07) is 4.29. The van der Waals surface area contributed by atoms with Gasteiger partial charge in [0.25, 0.3) is 0 Å². The Morgan fingerprint density at radius 1 is 1.50 bits per heavy atom. The van der Waals surface area contributed by atoms with Crippen molar-refractivity contribution in [3.05, 3.63) is 23.8 Å². The molecule has 140 valence electrons. The number of halogens is 2. The van der Waals surface area contributed by atoms with E-state index in [0.717, 1.165) is 0 Å². The molecule has 0 unspecified atom stereocenters. The Kier molecular flexibility index (Phi) is 4.43. The van der Waals surface area contributed by atoms with E-state index in [1.807, 2.05) is 0 Å². The molecule has 2 aliphatic rings. The topological polar surface area (TPSA) is 83.5 Å². The molecule has 2 heterocycles. The smallest absolute Gasteiger partial charge is 0.414 e. The van der Waals surface area contributed by atoms with Crippen LogP contribution in [-0.2, 0) is 20.3 Å². The van der Waals surface area contributed by atoms with E-state index < -0.39 is 24.0 Å². The fourth-order valence-electron chi connectivity index (χ4n) is 2.98. The molecule has 1 aromatic rings. The van der Waals surface area contributed by atoms with Gasteiger partial charge in [0, 0.05) is 19.7 Å². The number of nitrogens with one attached hydrogen (secondary N) is 1. The molecule has 8 nitrogen and oxygen atoms in total. The molecule has 2 amide bonds. The van der Waals surface area contributed by atoms with Gasteiger partial charge in [0.05, 0.1) is 24.3 Å². The number of cyclic esters (lactones) is 1. The fourth-order valence-corrected chi connectivity index (χ4v) is 2.98. The molecule has 26 heavy (non-hydrogen) atoms. The molecule has 1 saturated heterocycles. The van der Waals surface area contributed by atoms with Gasteiger partial charge in [0.15, 0.2) is 0 Å². The molecular formula is C16H18F2N4O4. The third kappa shape index (κ3) is 2.91. The lowest BCUT2D eigenvalue weighted by molar-refractivity contribution is -0.119. The Balaban J connectivity index is 1.87. The number of benzene rings is 1. The summed E-state index contributed by atoms with van der Waals surface area (Å²) < 4.78 is 34.5. The molecule has 3 rings (SSSR count). The van der Waals surface area contributed by atoms with Gasteiger partial charge in [0.2, 0.25) is 11.7 Å². The quantitative estimate of drug-likeness (QED) is 0.817. The lowest BCUT2D eigenvalue weighted by Gasteiger charge is -2.16. The molecule has 0 aromatic heterocycles. The van der Waals surface area contributed by atoms with Crippen LogP contribution in [0.4, 0.5) is 25.0 Å². The van der Waals surface area contributed by atoms with Crippen molar-refractivity contribution in [1.82, 2.24) is 5.32 Å². The number of amidine groups is 1. The van der Waals surface area contributed by atoms with Crippen LogP contribution < -0.4 is 15.1 Å². The van der Waals surface area contributed by atoms with Gasteiger partial charge in [-0.3, -0.25) is 9.69 Å². The van der Waals surface area contributed by atoms with E-state index in [1.165, 1.54) is 43.0 Å². The molecule has 1 aromatic carbocycles. The third-order valence-corrected chi connectivity index (χ3v) is 4.22. The standard InChI is InChI=1S/C16H18F2N4O4/c1-9(23)19-7-11-8-22(15(24)26-11)10-4-5-13-12(6-10)16(17,18)14(20-25-3)21(13)2/h4-6,11H,7-8H2,1-3H3,(H,19,23)/t11-/m1/s1. The summed E-state index contributed by atoms with van der Waals surface area (Å²) in [5.74, 6) is -4.13. The number of carbonyl (C=O) groups excluding carboxylic acids is 2. The number of carbonyl (C=O) groups is 2. The first-order valence-corrected chi connectivity index (χ1v) is 7.86. The summed E-state index contributed by atoms with van der Waals surface area (Å²) in [7, 11) is 2.66. The van der Waals surface area contributed by atoms with Crippen molar-refractivity contribution >= 4 is 29.2 Å². The van der Waals surface area contributed by atoms with Crippen molar-refractivity contribution in [2.75, 3.05) is 37.0 Å². The highest BCUT2D eigenvalue weighted by molar-refractivity contribution is 6.09. The first-order chi connectivity index (χ1) is 12.3. The maximum atomic E-state index is 14.7. The summed E-state index contributed by atoms with van der Waals surface area (Å²) in [6.45, 7) is 1.66. The van der Waals surface area contributed by atoms with E-state index in [4.69, 9.17) is 4.74 Å². The molecule has 0 radical (unpaired) electrons. The monoisotopic (exact) mass is 368 g/mol. The minimum atomic E-state index is -3.35. The summed E-state index contributed by atoms with van der Waals surface area (Å²) >= 11 is 0. The Labute approximate surface area is 148 Å². The number of hydrogen-bond acceptors (Lipinski definition) is 5. The maximum absolute atomic E-state index is 14.7. The number of fused-ring (bicyclic) bond motifs is 1. The number of alkyl halides is 2. The Morgan fingerprint density at radius 3 is 2.88 bits per heavy atom. The van der Waals surface area contributed by atoms with E-state index >= 15 is 0 Å². The largest absolute Gasteiger partial charge is 0.442 e. The van der Waals surface area contributed by atoms with Crippen molar-refractivity contribution in [1.29, 1.82) is 0 Å². The summed E-state index contributed by atoms with van der Waals surface area (Å²) in [4.78, 5) is 30.1. The zero-order chi connectivity index (χ0) is 19.1. The van der Waals surface area contributed by atoms with E-state index in [1.54, 1.807) is 6.07 Å². The number of amides is 2. The number of nitrogens with zero attached hydrogens (tertiary/aromatic N) is 3. The van der Waals surface area contributed by atoms with Crippen LogP contribution in [0, 0.1) is 0 Å². The molecule has 1 N–H and O–H groups in total. The number of likely N-dealkylation sites (N-methyl/N-ethyl adjacent to an activating group) is 1. The summed E-state index contributed by atoms with van der Waals surface area (Å²) in [5.41, 5.74) is 0.286. The number of oxime groups is 1. The van der Waals surface area contributed by atoms with Crippen molar-refractivity contribution in [2.24, 2.45) is 5.16 Å². The van der Waals surface area contributed by atoms with Crippen molar-refractivity contribution in [3.8, 4) is 0 Å². The lowest BCUT2D eigenvalue weighted by atomic mass is 10.1. The van der Waals surface area contributed by atoms with Gasteiger partial charge >= 0.3 is 12.0 Å². The van der Waals surface area contributed by atoms with E-state index in [-0.39, 0.29) is 35.9 Å². The van der Waals surface area contributed by atoms with Gasteiger partial charge in [0.1, 0.15) is 13.2 Å². The normalized spacial score (nSPS) is 22.4. The number of rotatable bonds is 4. The molecule has 0 spiro atoms. The van der Waals surface area contributed by atoms with Crippen LogP contribution in [0.1, 0.15) is 12.5 Å². The first-order valence-electron chi connectivity index (χ1n) is 7.86. The number of hydrogen-bond donors (Lipinski definition) is 1. The van der Waals surface area contributed by atoms with E-state index in [2.05, 4.69) is 15.3 Å². The highest BCUT2D eigenvalue weighted by Crippen LogP contribution is 2.46. The molecule has 0 aliphatic carbocycles. The number of anilines is 2. The second-order valence-electron chi connectivity index (χ2n) is 5.99. The SMILES string of the molecule is CON=C1N(C)c2ccc(N3C[C@@H](CNC(C)=O)OC3=O)cc2C1(F)F. The van der Waals surface area contributed by atoms with Gasteiger partial charge in [-0.25, -0.2) is 4.79 Å². The second kappa shape index (κ2) is 6.43. The van der Waals surface area contributed by atoms with Gasteiger partial charge in [-0.2, -0.15) is 8.78 Å². The van der Waals surface area contributed by atoms with Crippen molar-refractivity contribution in [2.45, 2.75) is 19.0 Å². The highest BCUT2D eigenvalue weighted by atomic mass is 19.3. The maximum Gasteiger partial charge on any atom is 0.414 e. The van der Waals surface area contributed by atoms with Gasteiger partial charge < -0.3 is 19.8 Å². The lowest BCUT2D eigenvalue weighted by Crippen LogP contribution is -2.33. The van der Waals surface area contributed by atoms with Crippen molar-refractivity contribution in [3.63, 3.8) is 0 Å². The zero-order valence-corrected chi connectivity index (χ0v) is 14.5. The molecular weight excluding hydrogens is 350 g/mol. The van der Waals surface area contributed by atoms with Crippen LogP contribution in [0.15, 0.2) is 23.4 Å². The minimum Gasteiger partial charge on any atom is -0.442 e. The Morgan fingerprint density at radius 2 is 2.23 bits per heavy atom. The zero-order valence-electron chi connectivity index (χ0n) is 14.5. The molecule has 1 fully saturated rings. The van der Waals surface area contributed by atoms with E-state index in [0.29, 0.717) is 0 Å². The van der Waals surface area contributed by atoms with Crippen molar-refractivity contribution < 1.29 is 27.9 Å². The predicted octanol–water partition coefficient (Wildman–Crippen LogP) is 1.65. The Hall–Kier alpha value is -2.91. The van der Waals surface area contributed by atoms with Gasteiger partial charge in [-0.1, -0.05) is 5.16 Å². The Bertz CT molecular complexity index is 784. The molecule has 10 heteroatoms. The summed E-state index contributed by atoms with van der Waals surface area (Å²) in [6.07, 6.45) is -1.20. The molecule has 2 aliphatic heterocycles. The first kappa shape index (κ1) is 17.9. The average molecular weight is 368 g/mol. The molecule has 0 bridgehead atoms. The number of ether oxygens (including phenoxy) is 1. The fraction of sp³-hybridized carbons (Fsp3) is 0.438. The van der Waals surface area contributed by atoms with Crippen LogP contribution in [0.2, 0.25) is 0 Å². The van der Waals surface area contributed by atoms with Crippen LogP contribution in [-0.4, -0.2) is 51.2 Å². The van der Waals surface area contributed by atoms with Gasteiger partial charge in [-0.05, 0) is 18.2 Å². The van der Waals surface area contributed by atoms with Crippen LogP contribution in [0.25, 0.3) is 0 Å². The minimum absolute atomic E-state index is 0.151. The van der Waals surface area contributed by atoms with E-state index in [9.17, 15) is 18.4 Å². The summed E-state index contributed by atoms with van der Waals surface area (Å²) in [5, 5.41) is 5.98. The average Bonchev–Trinajstić information content (AvgIpc) is 3.04. The van der Waals surface area contributed by atoms with Gasteiger partial charge in [-0.15, -0.1) is 0 Å². The molecule has 0 saturated carbocycles.